The van der Waals surface area contributed by atoms with E-state index in [1.807, 2.05) is 20.8 Å². The molecule has 3 heterocycles. The highest BCUT2D eigenvalue weighted by atomic mass is 19.4. The second-order valence-electron chi connectivity index (χ2n) is 11.3. The van der Waals surface area contributed by atoms with Gasteiger partial charge in [0.2, 0.25) is 5.91 Å². The smallest absolute Gasteiger partial charge is 0.403 e. The van der Waals surface area contributed by atoms with Crippen molar-refractivity contribution in [2.75, 3.05) is 31.1 Å². The van der Waals surface area contributed by atoms with Crippen LogP contribution >= 0.6 is 0 Å². The Kier molecular flexibility index (Phi) is 7.21. The van der Waals surface area contributed by atoms with Crippen LogP contribution in [0.1, 0.15) is 74.8 Å². The van der Waals surface area contributed by atoms with E-state index in [1.54, 1.807) is 4.90 Å². The van der Waals surface area contributed by atoms with Gasteiger partial charge in [0, 0.05) is 43.3 Å². The largest absolute Gasteiger partial charge is 0.573 e. The third kappa shape index (κ3) is 5.67. The van der Waals surface area contributed by atoms with Gasteiger partial charge in [0.15, 0.2) is 11.6 Å². The summed E-state index contributed by atoms with van der Waals surface area (Å²) < 4.78 is 56.5. The minimum absolute atomic E-state index is 0.117. The lowest BCUT2D eigenvalue weighted by molar-refractivity contribution is -0.275. The Morgan fingerprint density at radius 3 is 2.54 bits per heavy atom. The van der Waals surface area contributed by atoms with Crippen molar-refractivity contribution >= 4 is 11.7 Å². The van der Waals surface area contributed by atoms with Crippen molar-refractivity contribution in [1.29, 1.82) is 0 Å². The summed E-state index contributed by atoms with van der Waals surface area (Å²) in [4.78, 5) is 26.5. The van der Waals surface area contributed by atoms with Gasteiger partial charge in [0.05, 0.1) is 17.7 Å². The van der Waals surface area contributed by atoms with Crippen molar-refractivity contribution in [2.45, 2.75) is 75.9 Å². The lowest BCUT2D eigenvalue weighted by Crippen LogP contribution is -2.53. The number of hydrogen-bond donors (Lipinski definition) is 2. The number of rotatable bonds is 5. The molecule has 212 valence electrons. The van der Waals surface area contributed by atoms with Crippen molar-refractivity contribution < 1.29 is 32.2 Å². The molecule has 12 heteroatoms. The summed E-state index contributed by atoms with van der Waals surface area (Å²) in [5.41, 5.74) is 1.67. The van der Waals surface area contributed by atoms with E-state index >= 15 is 0 Å². The van der Waals surface area contributed by atoms with Gasteiger partial charge in [0.1, 0.15) is 12.1 Å². The van der Waals surface area contributed by atoms with Crippen LogP contribution in [0.3, 0.4) is 0 Å². The number of fused-ring (bicyclic) bond motifs is 1. The van der Waals surface area contributed by atoms with E-state index < -0.39 is 30.0 Å². The molecule has 1 aromatic carbocycles. The number of aliphatic hydroxyl groups is 1. The Morgan fingerprint density at radius 1 is 1.21 bits per heavy atom. The fourth-order valence-electron chi connectivity index (χ4n) is 6.17. The number of benzene rings is 1. The van der Waals surface area contributed by atoms with Gasteiger partial charge in [-0.2, -0.15) is 0 Å². The number of aliphatic hydroxyl groups excluding tert-OH is 1. The molecular weight excluding hydrogens is 518 g/mol. The highest BCUT2D eigenvalue weighted by Gasteiger charge is 2.42. The number of aromatic nitrogens is 2. The van der Waals surface area contributed by atoms with Crippen LogP contribution in [-0.2, 0) is 4.79 Å². The van der Waals surface area contributed by atoms with Gasteiger partial charge >= 0.3 is 6.36 Å². The number of carbonyl (C=O) groups excluding carboxylic acids is 1. The van der Waals surface area contributed by atoms with E-state index in [9.17, 15) is 27.5 Å². The summed E-state index contributed by atoms with van der Waals surface area (Å²) in [6.45, 7) is 7.91. The third-order valence-corrected chi connectivity index (χ3v) is 8.04. The number of alkyl halides is 3. The molecule has 5 rings (SSSR count). The highest BCUT2D eigenvalue weighted by Crippen LogP contribution is 2.43. The molecular formula is C27H33F4N5O3. The van der Waals surface area contributed by atoms with E-state index in [0.29, 0.717) is 50.3 Å². The fraction of sp³-hybridized carbons (Fsp3) is 0.593. The molecule has 2 N–H and O–H groups in total. The molecule has 2 aliphatic heterocycles. The summed E-state index contributed by atoms with van der Waals surface area (Å²) in [5.74, 6) is -2.18. The lowest BCUT2D eigenvalue weighted by Gasteiger charge is -2.39. The monoisotopic (exact) mass is 551 g/mol. The van der Waals surface area contributed by atoms with Gasteiger partial charge < -0.3 is 25.0 Å². The first-order valence-corrected chi connectivity index (χ1v) is 13.2. The number of nitrogens with one attached hydrogen (secondary N) is 1. The van der Waals surface area contributed by atoms with Crippen LogP contribution in [0.25, 0.3) is 0 Å². The SMILES string of the molecule is C[C@@H]1C[C@@H](O)c2ncnc(N3CCN(C(=O)[C@@H](c4ccc(OC(F)(F)F)c(F)c4)[C@@H]4CCC(C)(C)N4)CC3)c21. The number of halogens is 4. The minimum Gasteiger partial charge on any atom is -0.403 e. The van der Waals surface area contributed by atoms with E-state index in [1.165, 1.54) is 12.4 Å². The second-order valence-corrected chi connectivity index (χ2v) is 11.3. The zero-order valence-electron chi connectivity index (χ0n) is 22.1. The Balaban J connectivity index is 1.36. The molecule has 0 radical (unpaired) electrons. The van der Waals surface area contributed by atoms with Crippen LogP contribution in [0.2, 0.25) is 0 Å². The van der Waals surface area contributed by atoms with E-state index in [0.717, 1.165) is 29.9 Å². The molecule has 0 unspecified atom stereocenters. The molecule has 0 bridgehead atoms. The van der Waals surface area contributed by atoms with Crippen molar-refractivity contribution in [1.82, 2.24) is 20.2 Å². The maximum absolute atomic E-state index is 14.7. The average molecular weight is 552 g/mol. The van der Waals surface area contributed by atoms with Gasteiger partial charge in [-0.05, 0) is 56.7 Å². The number of hydrogen-bond acceptors (Lipinski definition) is 7. The first-order valence-electron chi connectivity index (χ1n) is 13.2. The van der Waals surface area contributed by atoms with Crippen LogP contribution in [-0.4, -0.2) is 70.0 Å². The van der Waals surface area contributed by atoms with Gasteiger partial charge in [-0.3, -0.25) is 4.79 Å². The van der Waals surface area contributed by atoms with Crippen LogP contribution in [0.4, 0.5) is 23.4 Å². The zero-order valence-corrected chi connectivity index (χ0v) is 22.1. The summed E-state index contributed by atoms with van der Waals surface area (Å²) in [6.07, 6.45) is -2.12. The molecule has 1 aliphatic carbocycles. The van der Waals surface area contributed by atoms with Gasteiger partial charge in [-0.1, -0.05) is 13.0 Å². The molecule has 2 saturated heterocycles. The maximum Gasteiger partial charge on any atom is 0.573 e. The summed E-state index contributed by atoms with van der Waals surface area (Å²) in [7, 11) is 0. The maximum atomic E-state index is 14.7. The molecule has 8 nitrogen and oxygen atoms in total. The first-order chi connectivity index (χ1) is 18.3. The Hall–Kier alpha value is -2.99. The van der Waals surface area contributed by atoms with E-state index in [2.05, 4.69) is 24.9 Å². The minimum atomic E-state index is -5.02. The molecule has 1 amide bonds. The molecule has 3 aliphatic rings. The molecule has 0 spiro atoms. The topological polar surface area (TPSA) is 90.8 Å². The van der Waals surface area contributed by atoms with Gasteiger partial charge in [0.25, 0.3) is 0 Å². The standard InChI is InChI=1S/C27H33F4N5O3/c1-15-12-19(37)23-21(15)24(33-14-32-23)35-8-10-36(11-9-35)25(38)22(18-6-7-26(2,3)34-18)16-4-5-20(17(28)13-16)39-27(29,30)31/h4-5,13-15,18-19,22,34,37H,6-12H2,1-3H3/t15-,18+,19-,22+/m1/s1. The number of piperazine rings is 1. The van der Waals surface area contributed by atoms with Gasteiger partial charge in [-0.25, -0.2) is 14.4 Å². The van der Waals surface area contributed by atoms with Crippen LogP contribution < -0.4 is 15.0 Å². The number of nitrogens with zero attached hydrogens (tertiary/aromatic N) is 4. The molecule has 2 aromatic rings. The molecule has 4 atom stereocenters. The molecule has 1 aromatic heterocycles. The lowest BCUT2D eigenvalue weighted by atomic mass is 9.88. The van der Waals surface area contributed by atoms with Gasteiger partial charge in [-0.15, -0.1) is 13.2 Å². The predicted octanol–water partition coefficient (Wildman–Crippen LogP) is 4.02. The second kappa shape index (κ2) is 10.2. The Bertz CT molecular complexity index is 1230. The predicted molar refractivity (Wildman–Crippen MR) is 135 cm³/mol. The Morgan fingerprint density at radius 2 is 1.92 bits per heavy atom. The Labute approximate surface area is 224 Å². The molecule has 2 fully saturated rings. The normalized spacial score (nSPS) is 25.5. The summed E-state index contributed by atoms with van der Waals surface area (Å²) in [5, 5.41) is 13.8. The molecule has 39 heavy (non-hydrogen) atoms. The van der Waals surface area contributed by atoms with E-state index in [4.69, 9.17) is 0 Å². The number of carbonyl (C=O) groups is 1. The van der Waals surface area contributed by atoms with Crippen molar-refractivity contribution in [2.24, 2.45) is 0 Å². The van der Waals surface area contributed by atoms with Crippen LogP contribution in [0.5, 0.6) is 5.75 Å². The van der Waals surface area contributed by atoms with Crippen molar-refractivity contribution in [3.05, 3.63) is 47.2 Å². The summed E-state index contributed by atoms with van der Waals surface area (Å²) in [6, 6.07) is 2.95. The first kappa shape index (κ1) is 27.6. The quantitative estimate of drug-likeness (QED) is 0.543. The zero-order chi connectivity index (χ0) is 28.1. The van der Waals surface area contributed by atoms with Crippen molar-refractivity contribution in [3.8, 4) is 5.75 Å². The number of ether oxygens (including phenoxy) is 1. The molecule has 0 saturated carbocycles. The number of anilines is 1. The average Bonchev–Trinajstić information content (AvgIpc) is 3.37. The summed E-state index contributed by atoms with van der Waals surface area (Å²) >= 11 is 0. The third-order valence-electron chi connectivity index (χ3n) is 8.04. The van der Waals surface area contributed by atoms with E-state index in [-0.39, 0.29) is 23.4 Å². The number of amides is 1. The van der Waals surface area contributed by atoms with Crippen LogP contribution in [0.15, 0.2) is 24.5 Å². The fourth-order valence-corrected chi connectivity index (χ4v) is 6.17. The van der Waals surface area contributed by atoms with Crippen molar-refractivity contribution in [3.63, 3.8) is 0 Å². The highest BCUT2D eigenvalue weighted by molar-refractivity contribution is 5.85. The van der Waals surface area contributed by atoms with Crippen LogP contribution in [0, 0.1) is 5.82 Å².